The molecule has 1 amide bonds. The fraction of sp³-hybridized carbons (Fsp3) is 0.391. The highest BCUT2D eigenvalue weighted by Crippen LogP contribution is 2.29. The molecule has 0 bridgehead atoms. The second kappa shape index (κ2) is 10.8. The lowest BCUT2D eigenvalue weighted by atomic mass is 10.1. The third-order valence-electron chi connectivity index (χ3n) is 5.30. The molecule has 0 spiro atoms. The van der Waals surface area contributed by atoms with E-state index in [9.17, 15) is 18.0 Å². The highest BCUT2D eigenvalue weighted by Gasteiger charge is 2.31. The number of hydrogen-bond acceptors (Lipinski definition) is 7. The lowest BCUT2D eigenvalue weighted by Crippen LogP contribution is -2.40. The van der Waals surface area contributed by atoms with Crippen LogP contribution in [-0.2, 0) is 24.3 Å². The zero-order valence-corrected chi connectivity index (χ0v) is 19.6. The number of carbonyl (C=O) groups is 2. The number of rotatable bonds is 8. The second-order valence-electron chi connectivity index (χ2n) is 7.57. The summed E-state index contributed by atoms with van der Waals surface area (Å²) in [6.45, 7) is 4.27. The number of nitrogens with one attached hydrogen (secondary N) is 1. The van der Waals surface area contributed by atoms with Crippen LogP contribution in [0.2, 0.25) is 0 Å². The molecule has 2 aromatic carbocycles. The van der Waals surface area contributed by atoms with E-state index in [2.05, 4.69) is 5.32 Å². The van der Waals surface area contributed by atoms with Crippen LogP contribution in [0.3, 0.4) is 0 Å². The molecule has 0 radical (unpaired) electrons. The molecule has 10 heteroatoms. The van der Waals surface area contributed by atoms with Crippen molar-refractivity contribution in [1.29, 1.82) is 0 Å². The van der Waals surface area contributed by atoms with Crippen molar-refractivity contribution in [2.45, 2.75) is 30.9 Å². The Kier molecular flexibility index (Phi) is 8.06. The number of morpholine rings is 1. The molecule has 2 unspecified atom stereocenters. The van der Waals surface area contributed by atoms with Crippen LogP contribution in [0.4, 0.5) is 0 Å². The van der Waals surface area contributed by atoms with Gasteiger partial charge in [-0.3, -0.25) is 4.79 Å². The van der Waals surface area contributed by atoms with Crippen molar-refractivity contribution in [1.82, 2.24) is 9.62 Å². The lowest BCUT2D eigenvalue weighted by molar-refractivity contribution is -0.129. The van der Waals surface area contributed by atoms with Crippen molar-refractivity contribution >= 4 is 21.9 Å². The van der Waals surface area contributed by atoms with Crippen LogP contribution < -0.4 is 10.1 Å². The molecular formula is C23H28N2O7S. The Morgan fingerprint density at radius 1 is 1.06 bits per heavy atom. The number of esters is 1. The number of benzene rings is 2. The van der Waals surface area contributed by atoms with Crippen LogP contribution in [-0.4, -0.2) is 64.1 Å². The molecule has 1 N–H and O–H groups in total. The first kappa shape index (κ1) is 24.7. The monoisotopic (exact) mass is 476 g/mol. The summed E-state index contributed by atoms with van der Waals surface area (Å²) in [4.78, 5) is 25.1. The molecule has 0 saturated carbocycles. The van der Waals surface area contributed by atoms with Crippen LogP contribution in [0.25, 0.3) is 0 Å². The van der Waals surface area contributed by atoms with Gasteiger partial charge in [-0.1, -0.05) is 30.3 Å². The summed E-state index contributed by atoms with van der Waals surface area (Å²) in [6, 6.07) is 13.1. The predicted octanol–water partition coefficient (Wildman–Crippen LogP) is 2.14. The van der Waals surface area contributed by atoms with Crippen molar-refractivity contribution in [3.05, 3.63) is 59.7 Å². The average molecular weight is 477 g/mol. The maximum absolute atomic E-state index is 13.1. The quantitative estimate of drug-likeness (QED) is 0.581. The molecule has 9 nitrogen and oxygen atoms in total. The predicted molar refractivity (Wildman–Crippen MR) is 120 cm³/mol. The first-order chi connectivity index (χ1) is 15.7. The number of hydrogen-bond donors (Lipinski definition) is 1. The van der Waals surface area contributed by atoms with Gasteiger partial charge in [0.05, 0.1) is 31.9 Å². The van der Waals surface area contributed by atoms with Crippen LogP contribution in [0, 0.1) is 0 Å². The number of ether oxygens (including phenoxy) is 3. The summed E-state index contributed by atoms with van der Waals surface area (Å²) in [7, 11) is -2.56. The molecule has 1 aliphatic rings. The molecule has 2 atom stereocenters. The van der Waals surface area contributed by atoms with Gasteiger partial charge in [-0.05, 0) is 37.6 Å². The van der Waals surface area contributed by atoms with Gasteiger partial charge in [-0.15, -0.1) is 0 Å². The van der Waals surface area contributed by atoms with Crippen LogP contribution in [0.5, 0.6) is 5.75 Å². The molecule has 178 valence electrons. The van der Waals surface area contributed by atoms with Gasteiger partial charge in [0, 0.05) is 13.1 Å². The molecule has 1 saturated heterocycles. The smallest absolute Gasteiger partial charge is 0.338 e. The largest absolute Gasteiger partial charge is 0.495 e. The fourth-order valence-electron chi connectivity index (χ4n) is 3.37. The molecule has 1 aliphatic heterocycles. The molecular weight excluding hydrogens is 448 g/mol. The fourth-order valence-corrected chi connectivity index (χ4v) is 4.96. The topological polar surface area (TPSA) is 111 Å². The van der Waals surface area contributed by atoms with Gasteiger partial charge in [0.2, 0.25) is 10.0 Å². The Morgan fingerprint density at radius 2 is 1.73 bits per heavy atom. The second-order valence-corrected chi connectivity index (χ2v) is 9.48. The molecule has 1 heterocycles. The van der Waals surface area contributed by atoms with Gasteiger partial charge in [0.1, 0.15) is 10.6 Å². The van der Waals surface area contributed by atoms with Crippen molar-refractivity contribution in [2.75, 3.05) is 33.4 Å². The average Bonchev–Trinajstić information content (AvgIpc) is 2.84. The number of amides is 1. The van der Waals surface area contributed by atoms with E-state index >= 15 is 0 Å². The van der Waals surface area contributed by atoms with E-state index in [-0.39, 0.29) is 48.6 Å². The Bertz CT molecular complexity index is 1080. The highest BCUT2D eigenvalue weighted by atomic mass is 32.2. The molecule has 0 aliphatic carbocycles. The van der Waals surface area contributed by atoms with Crippen molar-refractivity contribution in [3.8, 4) is 5.75 Å². The van der Waals surface area contributed by atoms with Gasteiger partial charge in [-0.25, -0.2) is 13.2 Å². The third-order valence-corrected chi connectivity index (χ3v) is 7.22. The molecule has 0 aromatic heterocycles. The standard InChI is InChI=1S/C23H28N2O7S/c1-16(18-7-5-4-6-8-18)24-22(26)17(2)32-23(27)19-9-10-20(30-3)21(15-19)33(28,29)25-11-13-31-14-12-25/h4-10,15-17H,11-14H2,1-3H3,(H,24,26). The SMILES string of the molecule is COc1ccc(C(=O)OC(C)C(=O)NC(C)c2ccccc2)cc1S(=O)(=O)N1CCOCC1. The van der Waals surface area contributed by atoms with Crippen molar-refractivity contribution in [2.24, 2.45) is 0 Å². The zero-order valence-electron chi connectivity index (χ0n) is 18.8. The summed E-state index contributed by atoms with van der Waals surface area (Å²) in [5.41, 5.74) is 0.913. The van der Waals surface area contributed by atoms with Crippen LogP contribution in [0.1, 0.15) is 35.8 Å². The summed E-state index contributed by atoms with van der Waals surface area (Å²) in [6.07, 6.45) is -1.08. The number of sulfonamides is 1. The zero-order chi connectivity index (χ0) is 24.0. The van der Waals surface area contributed by atoms with E-state index in [1.807, 2.05) is 37.3 Å². The van der Waals surface area contributed by atoms with Crippen molar-refractivity contribution in [3.63, 3.8) is 0 Å². The summed E-state index contributed by atoms with van der Waals surface area (Å²) < 4.78 is 43.2. The van der Waals surface area contributed by atoms with Crippen LogP contribution in [0.15, 0.2) is 53.4 Å². The van der Waals surface area contributed by atoms with Crippen molar-refractivity contribution < 1.29 is 32.2 Å². The number of carbonyl (C=O) groups excluding carboxylic acids is 2. The van der Waals surface area contributed by atoms with E-state index in [0.717, 1.165) is 5.56 Å². The molecule has 2 aromatic rings. The first-order valence-corrected chi connectivity index (χ1v) is 12.0. The van der Waals surface area contributed by atoms with Gasteiger partial charge >= 0.3 is 5.97 Å². The van der Waals surface area contributed by atoms with E-state index in [1.54, 1.807) is 0 Å². The Labute approximate surface area is 193 Å². The first-order valence-electron chi connectivity index (χ1n) is 10.6. The van der Waals surface area contributed by atoms with E-state index in [1.165, 1.54) is 36.5 Å². The Morgan fingerprint density at radius 3 is 2.36 bits per heavy atom. The Balaban J connectivity index is 1.73. The minimum atomic E-state index is -3.91. The maximum atomic E-state index is 13.1. The minimum absolute atomic E-state index is 0.00149. The Hall–Kier alpha value is -2.95. The summed E-state index contributed by atoms with van der Waals surface area (Å²) >= 11 is 0. The van der Waals surface area contributed by atoms with Gasteiger partial charge < -0.3 is 19.5 Å². The minimum Gasteiger partial charge on any atom is -0.495 e. The third kappa shape index (κ3) is 5.89. The van der Waals surface area contributed by atoms with Gasteiger partial charge in [0.25, 0.3) is 5.91 Å². The number of methoxy groups -OCH3 is 1. The van der Waals surface area contributed by atoms with Gasteiger partial charge in [-0.2, -0.15) is 4.31 Å². The lowest BCUT2D eigenvalue weighted by Gasteiger charge is -2.26. The normalized spacial score (nSPS) is 16.5. The van der Waals surface area contributed by atoms with E-state index < -0.39 is 28.0 Å². The maximum Gasteiger partial charge on any atom is 0.338 e. The summed E-state index contributed by atoms with van der Waals surface area (Å²) in [5, 5.41) is 2.80. The summed E-state index contributed by atoms with van der Waals surface area (Å²) in [5.74, 6) is -1.17. The van der Waals surface area contributed by atoms with E-state index in [0.29, 0.717) is 0 Å². The molecule has 33 heavy (non-hydrogen) atoms. The molecule has 1 fully saturated rings. The van der Waals surface area contributed by atoms with Crippen LogP contribution >= 0.6 is 0 Å². The number of nitrogens with zero attached hydrogens (tertiary/aromatic N) is 1. The van der Waals surface area contributed by atoms with E-state index in [4.69, 9.17) is 14.2 Å². The molecule has 3 rings (SSSR count). The van der Waals surface area contributed by atoms with Gasteiger partial charge in [0.15, 0.2) is 6.10 Å². The highest BCUT2D eigenvalue weighted by molar-refractivity contribution is 7.89.